The molecule has 0 bridgehead atoms. The van der Waals surface area contributed by atoms with Gasteiger partial charge in [0, 0.05) is 7.05 Å². The Labute approximate surface area is 201 Å². The van der Waals surface area contributed by atoms with Crippen molar-refractivity contribution in [3.8, 4) is 0 Å². The van der Waals surface area contributed by atoms with E-state index in [9.17, 15) is 4.79 Å². The molecule has 33 heavy (non-hydrogen) atoms. The van der Waals surface area contributed by atoms with E-state index in [-0.39, 0.29) is 12.1 Å². The Morgan fingerprint density at radius 2 is 1.76 bits per heavy atom. The summed E-state index contributed by atoms with van der Waals surface area (Å²) in [5.41, 5.74) is 5.35. The summed E-state index contributed by atoms with van der Waals surface area (Å²) in [6.07, 6.45) is 1.75. The Morgan fingerprint density at radius 3 is 2.48 bits per heavy atom. The van der Waals surface area contributed by atoms with Crippen molar-refractivity contribution in [3.05, 3.63) is 87.4 Å². The number of rotatable bonds is 4. The summed E-state index contributed by atoms with van der Waals surface area (Å²) in [6, 6.07) is 19.1. The lowest BCUT2D eigenvalue weighted by molar-refractivity contribution is 0.0943. The summed E-state index contributed by atoms with van der Waals surface area (Å²) in [7, 11) is 1.85. The molecule has 0 fully saturated rings. The molecule has 0 radical (unpaired) electrons. The maximum atomic E-state index is 13.2. The number of benzene rings is 3. The number of fused-ring (bicyclic) bond motifs is 3. The third kappa shape index (κ3) is 3.92. The number of halogens is 2. The zero-order chi connectivity index (χ0) is 23.1. The van der Waals surface area contributed by atoms with Gasteiger partial charge in [-0.2, -0.15) is 0 Å². The number of carbonyl (C=O) groups is 1. The summed E-state index contributed by atoms with van der Waals surface area (Å²) < 4.78 is 1.84. The maximum Gasteiger partial charge on any atom is 0.257 e. The van der Waals surface area contributed by atoms with Gasteiger partial charge in [-0.25, -0.2) is 4.98 Å². The zero-order valence-corrected chi connectivity index (χ0v) is 19.5. The predicted molar refractivity (Wildman–Crippen MR) is 135 cm³/mol. The molecule has 6 nitrogen and oxygen atoms in total. The summed E-state index contributed by atoms with van der Waals surface area (Å²) in [5.74, 6) is 0.369. The molecule has 3 aromatic carbocycles. The maximum absolute atomic E-state index is 13.2. The first-order valence-corrected chi connectivity index (χ1v) is 11.2. The molecular formula is C25H21Cl2N5O. The van der Waals surface area contributed by atoms with Gasteiger partial charge in [0.2, 0.25) is 5.95 Å². The van der Waals surface area contributed by atoms with Crippen LogP contribution in [0, 0.1) is 0 Å². The molecule has 2 heterocycles. The van der Waals surface area contributed by atoms with Gasteiger partial charge in [-0.15, -0.1) is 0 Å². The van der Waals surface area contributed by atoms with Crippen LogP contribution in [0.3, 0.4) is 0 Å². The monoisotopic (exact) mass is 477 g/mol. The van der Waals surface area contributed by atoms with Crippen LogP contribution in [0.4, 0.5) is 17.3 Å². The molecule has 0 aliphatic carbocycles. The van der Waals surface area contributed by atoms with Gasteiger partial charge in [0.15, 0.2) is 0 Å². The zero-order valence-electron chi connectivity index (χ0n) is 18.0. The highest BCUT2D eigenvalue weighted by atomic mass is 35.5. The molecule has 166 valence electrons. The Hall–Kier alpha value is -3.48. The van der Waals surface area contributed by atoms with Crippen LogP contribution in [0.2, 0.25) is 10.0 Å². The lowest BCUT2D eigenvalue weighted by atomic mass is 10.0. The number of aromatic nitrogens is 2. The Balaban J connectivity index is 1.51. The Morgan fingerprint density at radius 1 is 1.03 bits per heavy atom. The first-order chi connectivity index (χ1) is 15.9. The van der Waals surface area contributed by atoms with E-state index < -0.39 is 0 Å². The molecule has 1 atom stereocenters. The Kier molecular flexibility index (Phi) is 5.48. The van der Waals surface area contributed by atoms with Gasteiger partial charge in [-0.05, 0) is 42.3 Å². The van der Waals surface area contributed by atoms with E-state index in [0.29, 0.717) is 38.3 Å². The lowest BCUT2D eigenvalue weighted by Crippen LogP contribution is -2.45. The van der Waals surface area contributed by atoms with Crippen molar-refractivity contribution in [2.75, 3.05) is 10.6 Å². The van der Waals surface area contributed by atoms with Crippen LogP contribution in [-0.2, 0) is 7.05 Å². The average molecular weight is 478 g/mol. The minimum absolute atomic E-state index is 0.162. The number of imidazole rings is 1. The normalized spacial score (nSPS) is 15.7. The van der Waals surface area contributed by atoms with Gasteiger partial charge in [-0.3, -0.25) is 4.79 Å². The standard InChI is InChI=1S/C25H21Cl2N5O/c1-14(13-15-7-4-3-5-8-15)23-28-18-11-12-19-22(20(18)24(33)31-23)32(2)25(29-19)30-21-16(26)9-6-10-17(21)27/h3-13,23,28H,1-2H3,(H,29,30)(H,31,33). The van der Waals surface area contributed by atoms with Crippen molar-refractivity contribution in [2.45, 2.75) is 13.1 Å². The smallest absolute Gasteiger partial charge is 0.257 e. The van der Waals surface area contributed by atoms with E-state index in [0.717, 1.165) is 16.8 Å². The molecule has 1 aliphatic rings. The summed E-state index contributed by atoms with van der Waals surface area (Å²) in [6.45, 7) is 1.99. The molecule has 1 aromatic heterocycles. The van der Waals surface area contributed by atoms with Crippen LogP contribution < -0.4 is 16.0 Å². The number of carbonyl (C=O) groups excluding carboxylic acids is 1. The van der Waals surface area contributed by atoms with Gasteiger partial charge < -0.3 is 20.5 Å². The van der Waals surface area contributed by atoms with Crippen LogP contribution in [0.1, 0.15) is 22.8 Å². The van der Waals surface area contributed by atoms with Crippen LogP contribution >= 0.6 is 23.2 Å². The number of anilines is 3. The number of aryl methyl sites for hydroxylation is 1. The van der Waals surface area contributed by atoms with E-state index in [4.69, 9.17) is 23.2 Å². The van der Waals surface area contributed by atoms with Gasteiger partial charge >= 0.3 is 0 Å². The molecule has 1 unspecified atom stereocenters. The van der Waals surface area contributed by atoms with Crippen LogP contribution in [0.25, 0.3) is 17.1 Å². The second-order valence-corrected chi connectivity index (χ2v) is 8.74. The first-order valence-electron chi connectivity index (χ1n) is 10.4. The fraction of sp³-hybridized carbons (Fsp3) is 0.120. The SMILES string of the molecule is CC(=Cc1ccccc1)C1NC(=O)c2c(ccc3nc(Nc4c(Cl)cccc4Cl)n(C)c23)N1. The van der Waals surface area contributed by atoms with E-state index in [1.54, 1.807) is 18.2 Å². The topological polar surface area (TPSA) is 71.0 Å². The van der Waals surface area contributed by atoms with Crippen molar-refractivity contribution in [1.29, 1.82) is 0 Å². The van der Waals surface area contributed by atoms with Crippen LogP contribution in [0.15, 0.2) is 66.2 Å². The predicted octanol–water partition coefficient (Wildman–Crippen LogP) is 6.21. The van der Waals surface area contributed by atoms with Crippen molar-refractivity contribution in [2.24, 2.45) is 7.05 Å². The summed E-state index contributed by atoms with van der Waals surface area (Å²) >= 11 is 12.6. The second-order valence-electron chi connectivity index (χ2n) is 7.92. The molecular weight excluding hydrogens is 457 g/mol. The van der Waals surface area contributed by atoms with E-state index in [2.05, 4.69) is 27.0 Å². The molecule has 0 saturated heterocycles. The minimum atomic E-state index is -0.310. The molecule has 8 heteroatoms. The number of amides is 1. The molecule has 1 amide bonds. The number of hydrogen-bond acceptors (Lipinski definition) is 4. The third-order valence-electron chi connectivity index (χ3n) is 5.69. The fourth-order valence-corrected chi connectivity index (χ4v) is 4.51. The molecule has 0 saturated carbocycles. The van der Waals surface area contributed by atoms with Crippen molar-refractivity contribution in [1.82, 2.24) is 14.9 Å². The van der Waals surface area contributed by atoms with Gasteiger partial charge in [0.05, 0.1) is 38.0 Å². The van der Waals surface area contributed by atoms with E-state index >= 15 is 0 Å². The molecule has 5 rings (SSSR count). The average Bonchev–Trinajstić information content (AvgIpc) is 3.12. The van der Waals surface area contributed by atoms with Crippen molar-refractivity contribution < 1.29 is 4.79 Å². The quantitative estimate of drug-likeness (QED) is 0.326. The molecule has 1 aliphatic heterocycles. The van der Waals surface area contributed by atoms with E-state index in [1.807, 2.05) is 61.0 Å². The second kappa shape index (κ2) is 8.46. The van der Waals surface area contributed by atoms with Crippen molar-refractivity contribution in [3.63, 3.8) is 0 Å². The summed E-state index contributed by atoms with van der Waals surface area (Å²) in [4.78, 5) is 17.9. The number of nitrogens with zero attached hydrogens (tertiary/aromatic N) is 2. The molecule has 4 aromatic rings. The van der Waals surface area contributed by atoms with Crippen molar-refractivity contribution >= 4 is 63.5 Å². The highest BCUT2D eigenvalue weighted by Gasteiger charge is 2.28. The van der Waals surface area contributed by atoms with Crippen LogP contribution in [-0.4, -0.2) is 21.6 Å². The van der Waals surface area contributed by atoms with E-state index in [1.165, 1.54) is 0 Å². The lowest BCUT2D eigenvalue weighted by Gasteiger charge is -2.29. The third-order valence-corrected chi connectivity index (χ3v) is 6.32. The number of nitrogens with one attached hydrogen (secondary N) is 3. The fourth-order valence-electron chi connectivity index (χ4n) is 4.01. The number of hydrogen-bond donors (Lipinski definition) is 3. The minimum Gasteiger partial charge on any atom is -0.361 e. The highest BCUT2D eigenvalue weighted by molar-refractivity contribution is 6.39. The Bertz CT molecular complexity index is 1390. The summed E-state index contributed by atoms with van der Waals surface area (Å²) in [5, 5.41) is 10.7. The van der Waals surface area contributed by atoms with Gasteiger partial charge in [0.25, 0.3) is 5.91 Å². The highest BCUT2D eigenvalue weighted by Crippen LogP contribution is 2.35. The number of para-hydroxylation sites is 1. The molecule has 0 spiro atoms. The first kappa shape index (κ1) is 21.4. The molecule has 3 N–H and O–H groups in total. The van der Waals surface area contributed by atoms with Crippen LogP contribution in [0.5, 0.6) is 0 Å². The largest absolute Gasteiger partial charge is 0.361 e. The van der Waals surface area contributed by atoms with Gasteiger partial charge in [-0.1, -0.05) is 65.7 Å². The van der Waals surface area contributed by atoms with Gasteiger partial charge in [0.1, 0.15) is 6.17 Å².